The molecule has 1 heterocycles. The fourth-order valence-electron chi connectivity index (χ4n) is 1.82. The molecule has 0 unspecified atom stereocenters. The standard InChI is InChI=1S/C14H15FN2O2S/c1-11-6-3-4-7-12(11)10-17(2)20(18,19)14-13(15)8-5-9-16-14/h3-9H,10H2,1-2H3. The molecule has 20 heavy (non-hydrogen) atoms. The van der Waals surface area contributed by atoms with Gasteiger partial charge in [0, 0.05) is 19.8 Å². The number of aryl methyl sites for hydroxylation is 1. The Hall–Kier alpha value is -1.79. The molecule has 4 nitrogen and oxygen atoms in total. The molecule has 0 aliphatic carbocycles. The molecule has 0 radical (unpaired) electrons. The van der Waals surface area contributed by atoms with E-state index in [-0.39, 0.29) is 6.54 Å². The van der Waals surface area contributed by atoms with Crippen LogP contribution in [0.25, 0.3) is 0 Å². The Morgan fingerprint density at radius 2 is 1.90 bits per heavy atom. The van der Waals surface area contributed by atoms with Crippen LogP contribution in [0.3, 0.4) is 0 Å². The average Bonchev–Trinajstić information content (AvgIpc) is 2.41. The Labute approximate surface area is 117 Å². The maximum Gasteiger partial charge on any atom is 0.263 e. The molecular formula is C14H15FN2O2S. The maximum absolute atomic E-state index is 13.6. The van der Waals surface area contributed by atoms with Crippen LogP contribution in [0.4, 0.5) is 4.39 Å². The number of benzene rings is 1. The van der Waals surface area contributed by atoms with E-state index in [9.17, 15) is 12.8 Å². The zero-order valence-corrected chi connectivity index (χ0v) is 12.1. The lowest BCUT2D eigenvalue weighted by atomic mass is 10.1. The van der Waals surface area contributed by atoms with E-state index < -0.39 is 20.9 Å². The van der Waals surface area contributed by atoms with Crippen molar-refractivity contribution < 1.29 is 12.8 Å². The van der Waals surface area contributed by atoms with E-state index in [1.807, 2.05) is 31.2 Å². The van der Waals surface area contributed by atoms with Crippen LogP contribution >= 0.6 is 0 Å². The van der Waals surface area contributed by atoms with Crippen molar-refractivity contribution in [2.75, 3.05) is 7.05 Å². The number of nitrogens with zero attached hydrogens (tertiary/aromatic N) is 2. The van der Waals surface area contributed by atoms with E-state index in [0.29, 0.717) is 0 Å². The molecule has 0 amide bonds. The summed E-state index contributed by atoms with van der Waals surface area (Å²) in [5.74, 6) is -0.843. The molecule has 106 valence electrons. The highest BCUT2D eigenvalue weighted by Gasteiger charge is 2.26. The van der Waals surface area contributed by atoms with Gasteiger partial charge in [0.1, 0.15) is 0 Å². The normalized spacial score (nSPS) is 11.8. The molecule has 0 atom stereocenters. The van der Waals surface area contributed by atoms with Gasteiger partial charge in [-0.2, -0.15) is 4.31 Å². The maximum atomic E-state index is 13.6. The fourth-order valence-corrected chi connectivity index (χ4v) is 2.93. The summed E-state index contributed by atoms with van der Waals surface area (Å²) in [5.41, 5.74) is 1.85. The highest BCUT2D eigenvalue weighted by molar-refractivity contribution is 7.89. The first-order chi connectivity index (χ1) is 9.43. The number of hydrogen-bond acceptors (Lipinski definition) is 3. The molecule has 0 N–H and O–H groups in total. The summed E-state index contributed by atoms with van der Waals surface area (Å²) in [5, 5.41) is -0.545. The van der Waals surface area contributed by atoms with Gasteiger partial charge in [0.15, 0.2) is 5.82 Å². The second-order valence-electron chi connectivity index (χ2n) is 4.48. The Kier molecular flexibility index (Phi) is 4.15. The number of pyridine rings is 1. The second-order valence-corrected chi connectivity index (χ2v) is 6.44. The Morgan fingerprint density at radius 3 is 2.55 bits per heavy atom. The molecule has 0 spiro atoms. The molecule has 6 heteroatoms. The van der Waals surface area contributed by atoms with E-state index in [2.05, 4.69) is 4.98 Å². The van der Waals surface area contributed by atoms with Crippen LogP contribution in [-0.2, 0) is 16.6 Å². The Balaban J connectivity index is 2.31. The summed E-state index contributed by atoms with van der Waals surface area (Å²) in [6.07, 6.45) is 1.26. The first kappa shape index (κ1) is 14.6. The largest absolute Gasteiger partial charge is 0.263 e. The van der Waals surface area contributed by atoms with Crippen LogP contribution in [0, 0.1) is 12.7 Å². The number of aromatic nitrogens is 1. The summed E-state index contributed by atoms with van der Waals surface area (Å²) >= 11 is 0. The van der Waals surface area contributed by atoms with Gasteiger partial charge in [0.2, 0.25) is 5.03 Å². The third-order valence-electron chi connectivity index (χ3n) is 3.03. The van der Waals surface area contributed by atoms with Gasteiger partial charge in [-0.25, -0.2) is 17.8 Å². The summed E-state index contributed by atoms with van der Waals surface area (Å²) in [7, 11) is -2.52. The molecule has 0 aliphatic heterocycles. The van der Waals surface area contributed by atoms with Crippen molar-refractivity contribution in [3.8, 4) is 0 Å². The number of sulfonamides is 1. The molecule has 1 aromatic heterocycles. The van der Waals surface area contributed by atoms with E-state index >= 15 is 0 Å². The van der Waals surface area contributed by atoms with E-state index in [1.54, 1.807) is 0 Å². The highest BCUT2D eigenvalue weighted by atomic mass is 32.2. The Morgan fingerprint density at radius 1 is 1.20 bits per heavy atom. The highest BCUT2D eigenvalue weighted by Crippen LogP contribution is 2.18. The van der Waals surface area contributed by atoms with E-state index in [0.717, 1.165) is 21.5 Å². The van der Waals surface area contributed by atoms with Crippen LogP contribution < -0.4 is 0 Å². The molecular weight excluding hydrogens is 279 g/mol. The van der Waals surface area contributed by atoms with Crippen LogP contribution in [0.2, 0.25) is 0 Å². The lowest BCUT2D eigenvalue weighted by Gasteiger charge is -2.18. The molecule has 2 rings (SSSR count). The fraction of sp³-hybridized carbons (Fsp3) is 0.214. The monoisotopic (exact) mass is 294 g/mol. The molecule has 0 saturated heterocycles. The van der Waals surface area contributed by atoms with Gasteiger partial charge < -0.3 is 0 Å². The molecule has 0 aliphatic rings. The lowest BCUT2D eigenvalue weighted by molar-refractivity contribution is 0.454. The van der Waals surface area contributed by atoms with Crippen LogP contribution in [0.1, 0.15) is 11.1 Å². The molecule has 0 fully saturated rings. The number of hydrogen-bond donors (Lipinski definition) is 0. The quantitative estimate of drug-likeness (QED) is 0.869. The Bertz CT molecular complexity index is 717. The average molecular weight is 294 g/mol. The predicted molar refractivity (Wildman–Crippen MR) is 74.0 cm³/mol. The first-order valence-corrected chi connectivity index (χ1v) is 7.48. The van der Waals surface area contributed by atoms with E-state index in [1.165, 1.54) is 19.3 Å². The third-order valence-corrected chi connectivity index (χ3v) is 4.77. The van der Waals surface area contributed by atoms with E-state index in [4.69, 9.17) is 0 Å². The van der Waals surface area contributed by atoms with Gasteiger partial charge in [0.25, 0.3) is 10.0 Å². The van der Waals surface area contributed by atoms with Gasteiger partial charge in [-0.1, -0.05) is 24.3 Å². The SMILES string of the molecule is Cc1ccccc1CN(C)S(=O)(=O)c1ncccc1F. The van der Waals surface area contributed by atoms with Gasteiger partial charge in [0.05, 0.1) is 0 Å². The van der Waals surface area contributed by atoms with Gasteiger partial charge >= 0.3 is 0 Å². The number of rotatable bonds is 4. The molecule has 0 saturated carbocycles. The predicted octanol–water partition coefficient (Wildman–Crippen LogP) is 2.35. The van der Waals surface area contributed by atoms with Crippen molar-refractivity contribution in [1.82, 2.24) is 9.29 Å². The molecule has 2 aromatic rings. The van der Waals surface area contributed by atoms with Crippen LogP contribution in [-0.4, -0.2) is 24.8 Å². The summed E-state index contributed by atoms with van der Waals surface area (Å²) < 4.78 is 39.3. The summed E-state index contributed by atoms with van der Waals surface area (Å²) in [6.45, 7) is 2.07. The first-order valence-electron chi connectivity index (χ1n) is 6.04. The third kappa shape index (κ3) is 2.86. The van der Waals surface area contributed by atoms with Crippen molar-refractivity contribution in [2.24, 2.45) is 0 Å². The molecule has 1 aromatic carbocycles. The van der Waals surface area contributed by atoms with Gasteiger partial charge in [-0.05, 0) is 30.2 Å². The van der Waals surface area contributed by atoms with Crippen molar-refractivity contribution in [1.29, 1.82) is 0 Å². The lowest BCUT2D eigenvalue weighted by Crippen LogP contribution is -2.28. The minimum Gasteiger partial charge on any atom is -0.241 e. The summed E-state index contributed by atoms with van der Waals surface area (Å²) in [6, 6.07) is 9.90. The minimum atomic E-state index is -3.94. The summed E-state index contributed by atoms with van der Waals surface area (Å²) in [4.78, 5) is 3.63. The molecule has 0 bridgehead atoms. The van der Waals surface area contributed by atoms with Crippen LogP contribution in [0.5, 0.6) is 0 Å². The van der Waals surface area contributed by atoms with Crippen molar-refractivity contribution in [3.05, 3.63) is 59.5 Å². The minimum absolute atomic E-state index is 0.172. The van der Waals surface area contributed by atoms with Crippen LogP contribution in [0.15, 0.2) is 47.6 Å². The van der Waals surface area contributed by atoms with Gasteiger partial charge in [-0.3, -0.25) is 0 Å². The second kappa shape index (κ2) is 5.68. The van der Waals surface area contributed by atoms with Gasteiger partial charge in [-0.15, -0.1) is 0 Å². The van der Waals surface area contributed by atoms with Crippen molar-refractivity contribution in [2.45, 2.75) is 18.5 Å². The topological polar surface area (TPSA) is 50.3 Å². The zero-order valence-electron chi connectivity index (χ0n) is 11.2. The zero-order chi connectivity index (χ0) is 14.8. The van der Waals surface area contributed by atoms with Crippen molar-refractivity contribution in [3.63, 3.8) is 0 Å². The smallest absolute Gasteiger partial charge is 0.241 e. The van der Waals surface area contributed by atoms with Crippen molar-refractivity contribution >= 4 is 10.0 Å². The number of halogens is 1.